The van der Waals surface area contributed by atoms with Crippen molar-refractivity contribution >= 4 is 29.2 Å². The summed E-state index contributed by atoms with van der Waals surface area (Å²) in [5, 5.41) is 10.3. The molecule has 0 bridgehead atoms. The molecule has 158 valence electrons. The highest BCUT2D eigenvalue weighted by molar-refractivity contribution is 6.29. The quantitative estimate of drug-likeness (QED) is 0.419. The SMILES string of the molecule is CCOC(=O)C1C(=O)c2cc(Oc3ccc(N(CC)CC)cc3)cnc2N(O)C1=O. The monoisotopic (exact) mass is 413 g/mol. The summed E-state index contributed by atoms with van der Waals surface area (Å²) >= 11 is 0. The number of hydrogen-bond donors (Lipinski definition) is 1. The van der Waals surface area contributed by atoms with Crippen LogP contribution in [0.2, 0.25) is 0 Å². The van der Waals surface area contributed by atoms with Crippen LogP contribution >= 0.6 is 0 Å². The second kappa shape index (κ2) is 8.91. The number of pyridine rings is 1. The summed E-state index contributed by atoms with van der Waals surface area (Å²) in [6.45, 7) is 7.46. The van der Waals surface area contributed by atoms with E-state index in [0.29, 0.717) is 5.75 Å². The predicted octanol–water partition coefficient (Wildman–Crippen LogP) is 2.82. The zero-order chi connectivity index (χ0) is 21.8. The van der Waals surface area contributed by atoms with E-state index in [1.165, 1.54) is 12.3 Å². The number of benzene rings is 1. The van der Waals surface area contributed by atoms with E-state index in [1.54, 1.807) is 19.1 Å². The van der Waals surface area contributed by atoms with Gasteiger partial charge in [0.15, 0.2) is 11.6 Å². The Balaban J connectivity index is 1.86. The van der Waals surface area contributed by atoms with E-state index in [0.717, 1.165) is 18.8 Å². The number of nitrogens with zero attached hydrogens (tertiary/aromatic N) is 3. The molecule has 1 unspecified atom stereocenters. The van der Waals surface area contributed by atoms with E-state index in [4.69, 9.17) is 9.47 Å². The molecule has 1 amide bonds. The third-order valence-electron chi connectivity index (χ3n) is 4.75. The number of esters is 1. The first kappa shape index (κ1) is 21.3. The van der Waals surface area contributed by atoms with Gasteiger partial charge in [-0.1, -0.05) is 0 Å². The molecule has 0 saturated heterocycles. The van der Waals surface area contributed by atoms with Crippen LogP contribution in [0.15, 0.2) is 36.5 Å². The number of hydrogen-bond acceptors (Lipinski definition) is 8. The van der Waals surface area contributed by atoms with Crippen LogP contribution < -0.4 is 14.7 Å². The fourth-order valence-electron chi connectivity index (χ4n) is 3.22. The Kier molecular flexibility index (Phi) is 6.31. The standard InChI is InChI=1S/C21H23N3O6/c1-4-23(5-2)13-7-9-14(10-8-13)30-15-11-16-18(25)17(21(27)29-6-3)20(26)24(28)19(16)22-12-15/h7-12,17,28H,4-6H2,1-3H3. The van der Waals surface area contributed by atoms with E-state index in [2.05, 4.69) is 23.7 Å². The zero-order valence-electron chi connectivity index (χ0n) is 17.0. The molecular weight excluding hydrogens is 390 g/mol. The second-order valence-corrected chi connectivity index (χ2v) is 6.51. The second-order valence-electron chi connectivity index (χ2n) is 6.51. The number of amides is 1. The van der Waals surface area contributed by atoms with Crippen molar-refractivity contribution < 1.29 is 29.1 Å². The van der Waals surface area contributed by atoms with Crippen molar-refractivity contribution in [2.24, 2.45) is 5.92 Å². The number of hydroxylamine groups is 1. The molecule has 1 atom stereocenters. The molecule has 1 N–H and O–H groups in total. The molecule has 2 heterocycles. The maximum Gasteiger partial charge on any atom is 0.326 e. The highest BCUT2D eigenvalue weighted by Crippen LogP contribution is 2.32. The van der Waals surface area contributed by atoms with Gasteiger partial charge in [0.1, 0.15) is 11.5 Å². The molecule has 3 rings (SSSR count). The lowest BCUT2D eigenvalue weighted by atomic mass is 9.93. The van der Waals surface area contributed by atoms with Gasteiger partial charge >= 0.3 is 5.97 Å². The normalized spacial score (nSPS) is 15.6. The summed E-state index contributed by atoms with van der Waals surface area (Å²) in [7, 11) is 0. The number of carbonyl (C=O) groups excluding carboxylic acids is 3. The van der Waals surface area contributed by atoms with Crippen molar-refractivity contribution in [2.45, 2.75) is 20.8 Å². The van der Waals surface area contributed by atoms with E-state index in [-0.39, 0.29) is 28.8 Å². The lowest BCUT2D eigenvalue weighted by Crippen LogP contribution is -2.47. The Morgan fingerprint density at radius 2 is 1.80 bits per heavy atom. The Hall–Kier alpha value is -3.46. The van der Waals surface area contributed by atoms with Crippen LogP contribution in [0.25, 0.3) is 0 Å². The maximum absolute atomic E-state index is 12.7. The lowest BCUT2D eigenvalue weighted by Gasteiger charge is -2.26. The summed E-state index contributed by atoms with van der Waals surface area (Å²) in [6.07, 6.45) is 1.28. The zero-order valence-corrected chi connectivity index (χ0v) is 17.0. The number of ether oxygens (including phenoxy) is 2. The Labute approximate surface area is 173 Å². The number of anilines is 2. The fourth-order valence-corrected chi connectivity index (χ4v) is 3.22. The number of rotatable bonds is 7. The molecule has 0 aliphatic carbocycles. The van der Waals surface area contributed by atoms with E-state index < -0.39 is 23.6 Å². The third kappa shape index (κ3) is 3.97. The van der Waals surface area contributed by atoms with E-state index in [9.17, 15) is 19.6 Å². The molecule has 9 nitrogen and oxygen atoms in total. The van der Waals surface area contributed by atoms with Crippen molar-refractivity contribution in [3.05, 3.63) is 42.1 Å². The molecule has 0 saturated carbocycles. The van der Waals surface area contributed by atoms with Gasteiger partial charge in [-0.3, -0.25) is 19.6 Å². The minimum Gasteiger partial charge on any atom is -0.465 e. The van der Waals surface area contributed by atoms with Gasteiger partial charge in [-0.2, -0.15) is 5.06 Å². The highest BCUT2D eigenvalue weighted by Gasteiger charge is 2.46. The number of fused-ring (bicyclic) bond motifs is 1. The first-order valence-electron chi connectivity index (χ1n) is 9.67. The third-order valence-corrected chi connectivity index (χ3v) is 4.75. The van der Waals surface area contributed by atoms with Crippen molar-refractivity contribution in [2.75, 3.05) is 29.7 Å². The first-order chi connectivity index (χ1) is 14.4. The van der Waals surface area contributed by atoms with Crippen molar-refractivity contribution in [3.63, 3.8) is 0 Å². The Bertz CT molecular complexity index is 956. The molecule has 9 heteroatoms. The molecule has 0 radical (unpaired) electrons. The predicted molar refractivity (Wildman–Crippen MR) is 108 cm³/mol. The molecule has 2 aromatic rings. The molecule has 30 heavy (non-hydrogen) atoms. The van der Waals surface area contributed by atoms with Crippen LogP contribution in [0.5, 0.6) is 11.5 Å². The average molecular weight is 413 g/mol. The topological polar surface area (TPSA) is 109 Å². The van der Waals surface area contributed by atoms with Gasteiger partial charge < -0.3 is 14.4 Å². The minimum absolute atomic E-state index is 0.000926. The van der Waals surface area contributed by atoms with Crippen LogP contribution in [0, 0.1) is 5.92 Å². The minimum atomic E-state index is -1.77. The molecular formula is C21H23N3O6. The van der Waals surface area contributed by atoms with Crippen LogP contribution in [0.4, 0.5) is 11.5 Å². The van der Waals surface area contributed by atoms with E-state index in [1.807, 2.05) is 12.1 Å². The molecule has 1 aliphatic rings. The van der Waals surface area contributed by atoms with Crippen molar-refractivity contribution in [3.8, 4) is 11.5 Å². The summed E-state index contributed by atoms with van der Waals surface area (Å²) in [5.41, 5.74) is 0.949. The summed E-state index contributed by atoms with van der Waals surface area (Å²) in [6, 6.07) is 8.76. The summed E-state index contributed by atoms with van der Waals surface area (Å²) in [5.74, 6) is -4.19. The van der Waals surface area contributed by atoms with Crippen LogP contribution in [0.1, 0.15) is 31.1 Å². The number of aromatic nitrogens is 1. The van der Waals surface area contributed by atoms with Gasteiger partial charge in [-0.15, -0.1) is 0 Å². The molecule has 1 aromatic carbocycles. The van der Waals surface area contributed by atoms with Crippen molar-refractivity contribution in [1.29, 1.82) is 0 Å². The summed E-state index contributed by atoms with van der Waals surface area (Å²) < 4.78 is 10.6. The van der Waals surface area contributed by atoms with Gasteiger partial charge in [0.2, 0.25) is 5.92 Å². The van der Waals surface area contributed by atoms with Gasteiger partial charge in [0, 0.05) is 18.8 Å². The molecule has 1 aliphatic heterocycles. The largest absolute Gasteiger partial charge is 0.465 e. The molecule has 0 spiro atoms. The molecule has 1 aromatic heterocycles. The van der Waals surface area contributed by atoms with Gasteiger partial charge in [-0.25, -0.2) is 4.98 Å². The summed E-state index contributed by atoms with van der Waals surface area (Å²) in [4.78, 5) is 43.1. The number of carbonyl (C=O) groups is 3. The van der Waals surface area contributed by atoms with Crippen LogP contribution in [-0.2, 0) is 14.3 Å². The van der Waals surface area contributed by atoms with Gasteiger partial charge in [0.25, 0.3) is 5.91 Å². The van der Waals surface area contributed by atoms with E-state index >= 15 is 0 Å². The first-order valence-corrected chi connectivity index (χ1v) is 9.67. The maximum atomic E-state index is 12.7. The highest BCUT2D eigenvalue weighted by atomic mass is 16.5. The Morgan fingerprint density at radius 3 is 2.40 bits per heavy atom. The van der Waals surface area contributed by atoms with Gasteiger partial charge in [0.05, 0.1) is 18.4 Å². The number of Topliss-reactive ketones (excluding diaryl/α,β-unsaturated/α-hetero) is 1. The van der Waals surface area contributed by atoms with Crippen LogP contribution in [-0.4, -0.2) is 47.5 Å². The van der Waals surface area contributed by atoms with Crippen molar-refractivity contribution in [1.82, 2.24) is 4.98 Å². The van der Waals surface area contributed by atoms with Gasteiger partial charge in [-0.05, 0) is 51.1 Å². The fraction of sp³-hybridized carbons (Fsp3) is 0.333. The lowest BCUT2D eigenvalue weighted by molar-refractivity contribution is -0.150. The molecule has 0 fully saturated rings. The number of ketones is 1. The smallest absolute Gasteiger partial charge is 0.326 e. The Morgan fingerprint density at radius 1 is 1.13 bits per heavy atom. The van der Waals surface area contributed by atoms with Crippen LogP contribution in [0.3, 0.4) is 0 Å². The average Bonchev–Trinajstić information content (AvgIpc) is 2.74.